The molecule has 10 heteroatoms. The monoisotopic (exact) mass is 455 g/mol. The van der Waals surface area contributed by atoms with Gasteiger partial charge in [-0.2, -0.15) is 0 Å². The maximum Gasteiger partial charge on any atom is 0.573 e. The van der Waals surface area contributed by atoms with E-state index in [9.17, 15) is 22.8 Å². The molecule has 0 N–H and O–H groups in total. The fourth-order valence-electron chi connectivity index (χ4n) is 3.56. The minimum atomic E-state index is -4.82. The largest absolute Gasteiger partial charge is 0.573 e. The predicted molar refractivity (Wildman–Crippen MR) is 96.9 cm³/mol. The third-order valence-electron chi connectivity index (χ3n) is 4.92. The third-order valence-corrected chi connectivity index (χ3v) is 5.36. The summed E-state index contributed by atoms with van der Waals surface area (Å²) in [6, 6.07) is 7.36. The van der Waals surface area contributed by atoms with Crippen molar-refractivity contribution in [2.45, 2.75) is 25.2 Å². The molecule has 4 rings (SSSR count). The van der Waals surface area contributed by atoms with E-state index in [4.69, 9.17) is 0 Å². The highest BCUT2D eigenvalue weighted by Gasteiger charge is 2.70. The Morgan fingerprint density at radius 3 is 2.36 bits per heavy atom. The molecule has 2 aromatic rings. The molecule has 2 unspecified atom stereocenters. The fourth-order valence-corrected chi connectivity index (χ4v) is 3.91. The second-order valence-corrected chi connectivity index (χ2v) is 7.48. The Morgan fingerprint density at radius 2 is 1.82 bits per heavy atom. The predicted octanol–water partition coefficient (Wildman–Crippen LogP) is 4.49. The molecule has 1 saturated carbocycles. The number of hydrogen-bond donors (Lipinski definition) is 0. The zero-order valence-electron chi connectivity index (χ0n) is 14.4. The molecule has 146 valence electrons. The Balaban J connectivity index is 1.69. The molecule has 28 heavy (non-hydrogen) atoms. The number of imide groups is 1. The summed E-state index contributed by atoms with van der Waals surface area (Å²) in [5.41, 5.74) is -0.290. The zero-order chi connectivity index (χ0) is 20.3. The topological polar surface area (TPSA) is 62.7 Å². The summed E-state index contributed by atoms with van der Waals surface area (Å²) in [5, 5.41) is 0. The van der Waals surface area contributed by atoms with Crippen LogP contribution in [-0.4, -0.2) is 28.8 Å². The van der Waals surface area contributed by atoms with Gasteiger partial charge in [0.1, 0.15) is 15.9 Å². The van der Waals surface area contributed by atoms with E-state index in [0.29, 0.717) is 16.7 Å². The van der Waals surface area contributed by atoms with Crippen LogP contribution in [0.1, 0.15) is 13.3 Å². The summed E-state index contributed by atoms with van der Waals surface area (Å²) in [7, 11) is 0. The number of pyridine rings is 1. The Kier molecular flexibility index (Phi) is 4.14. The molecule has 1 aromatic heterocycles. The molecule has 1 aliphatic carbocycles. The van der Waals surface area contributed by atoms with Gasteiger partial charge >= 0.3 is 12.4 Å². The van der Waals surface area contributed by atoms with E-state index in [1.807, 2.05) is 6.92 Å². The minimum Gasteiger partial charge on any atom is -0.406 e. The van der Waals surface area contributed by atoms with Gasteiger partial charge in [0, 0.05) is 6.20 Å². The van der Waals surface area contributed by atoms with Crippen LogP contribution in [-0.2, 0) is 4.79 Å². The number of nitrogens with zero attached hydrogens (tertiary/aromatic N) is 3. The van der Waals surface area contributed by atoms with E-state index in [1.165, 1.54) is 23.2 Å². The second-order valence-electron chi connectivity index (χ2n) is 6.67. The summed E-state index contributed by atoms with van der Waals surface area (Å²) in [6.07, 6.45) is -2.80. The second kappa shape index (κ2) is 6.20. The maximum absolute atomic E-state index is 13.1. The fraction of sp³-hybridized carbons (Fsp3) is 0.278. The van der Waals surface area contributed by atoms with Crippen molar-refractivity contribution < 1.29 is 27.5 Å². The van der Waals surface area contributed by atoms with Gasteiger partial charge in [0.15, 0.2) is 0 Å². The summed E-state index contributed by atoms with van der Waals surface area (Å²) < 4.78 is 41.4. The minimum absolute atomic E-state index is 0.0475. The average Bonchev–Trinajstić information content (AvgIpc) is 3.21. The molecule has 2 heterocycles. The number of hydrogen-bond acceptors (Lipinski definition) is 4. The van der Waals surface area contributed by atoms with Crippen molar-refractivity contribution in [1.29, 1.82) is 0 Å². The van der Waals surface area contributed by atoms with Crippen LogP contribution in [0, 0.1) is 5.92 Å². The first kappa shape index (κ1) is 18.7. The SMILES string of the molecule is CC1CC12C(=O)N(c1ccc(OC(F)(F)F)cc1)C(=O)N2c1ccnc(Br)c1. The van der Waals surface area contributed by atoms with E-state index < -0.39 is 29.6 Å². The molecule has 0 bridgehead atoms. The van der Waals surface area contributed by atoms with Crippen LogP contribution in [0.2, 0.25) is 0 Å². The molecular weight excluding hydrogens is 443 g/mol. The number of halogens is 4. The standard InChI is InChI=1S/C18H13BrF3N3O3/c1-10-9-17(10)15(26)24(11-2-4-13(5-3-11)28-18(20,21)22)16(27)25(17)12-6-7-23-14(19)8-12/h2-8,10H,9H2,1H3. The highest BCUT2D eigenvalue weighted by atomic mass is 79.9. The quantitative estimate of drug-likeness (QED) is 0.505. The summed E-state index contributed by atoms with van der Waals surface area (Å²) >= 11 is 3.26. The third kappa shape index (κ3) is 2.92. The van der Waals surface area contributed by atoms with E-state index in [-0.39, 0.29) is 11.6 Å². The number of amides is 3. The highest BCUT2D eigenvalue weighted by Crippen LogP contribution is 2.55. The molecule has 6 nitrogen and oxygen atoms in total. The van der Waals surface area contributed by atoms with Crippen LogP contribution in [0.5, 0.6) is 5.75 Å². The summed E-state index contributed by atoms with van der Waals surface area (Å²) in [6.45, 7) is 1.87. The van der Waals surface area contributed by atoms with Crippen LogP contribution in [0.3, 0.4) is 0 Å². The lowest BCUT2D eigenvalue weighted by molar-refractivity contribution is -0.274. The first-order valence-corrected chi connectivity index (χ1v) is 9.09. The number of urea groups is 1. The molecule has 2 fully saturated rings. The Labute approximate surface area is 166 Å². The lowest BCUT2D eigenvalue weighted by Crippen LogP contribution is -2.38. The molecule has 1 saturated heterocycles. The van der Waals surface area contributed by atoms with Gasteiger partial charge in [-0.05, 0) is 64.7 Å². The van der Waals surface area contributed by atoms with Gasteiger partial charge in [-0.3, -0.25) is 9.69 Å². The number of alkyl halides is 3. The van der Waals surface area contributed by atoms with Crippen LogP contribution in [0.15, 0.2) is 47.2 Å². The molecule has 1 spiro atoms. The molecule has 0 radical (unpaired) electrons. The maximum atomic E-state index is 13.1. The molecule has 1 aromatic carbocycles. The number of carbonyl (C=O) groups is 2. The number of anilines is 2. The van der Waals surface area contributed by atoms with Crippen LogP contribution in [0.4, 0.5) is 29.3 Å². The van der Waals surface area contributed by atoms with Gasteiger partial charge in [0.2, 0.25) is 0 Å². The smallest absolute Gasteiger partial charge is 0.406 e. The molecule has 1 aliphatic heterocycles. The van der Waals surface area contributed by atoms with E-state index >= 15 is 0 Å². The summed E-state index contributed by atoms with van der Waals surface area (Å²) in [4.78, 5) is 32.7. The van der Waals surface area contributed by atoms with E-state index in [0.717, 1.165) is 17.0 Å². The molecular formula is C18H13BrF3N3O3. The Hall–Kier alpha value is -2.62. The Morgan fingerprint density at radius 1 is 1.18 bits per heavy atom. The van der Waals surface area contributed by atoms with Gasteiger partial charge in [0.25, 0.3) is 5.91 Å². The normalized spacial score (nSPS) is 24.2. The van der Waals surface area contributed by atoms with Gasteiger partial charge in [0.05, 0.1) is 11.4 Å². The van der Waals surface area contributed by atoms with Crippen molar-refractivity contribution >= 4 is 39.2 Å². The van der Waals surface area contributed by atoms with Crippen molar-refractivity contribution in [2.24, 2.45) is 5.92 Å². The van der Waals surface area contributed by atoms with Crippen molar-refractivity contribution in [2.75, 3.05) is 9.80 Å². The van der Waals surface area contributed by atoms with Gasteiger partial charge in [-0.1, -0.05) is 6.92 Å². The van der Waals surface area contributed by atoms with E-state index in [1.54, 1.807) is 12.1 Å². The Bertz CT molecular complexity index is 967. The number of benzene rings is 1. The molecule has 3 amide bonds. The number of ether oxygens (including phenoxy) is 1. The van der Waals surface area contributed by atoms with Crippen molar-refractivity contribution in [3.63, 3.8) is 0 Å². The van der Waals surface area contributed by atoms with Crippen molar-refractivity contribution in [3.05, 3.63) is 47.2 Å². The zero-order valence-corrected chi connectivity index (χ0v) is 16.0. The first-order valence-electron chi connectivity index (χ1n) is 8.29. The van der Waals surface area contributed by atoms with Crippen LogP contribution < -0.4 is 14.5 Å². The number of carbonyl (C=O) groups excluding carboxylic acids is 2. The van der Waals surface area contributed by atoms with Crippen molar-refractivity contribution in [1.82, 2.24) is 4.98 Å². The summed E-state index contributed by atoms with van der Waals surface area (Å²) in [5.74, 6) is -0.879. The molecule has 2 aliphatic rings. The van der Waals surface area contributed by atoms with Gasteiger partial charge < -0.3 is 4.74 Å². The van der Waals surface area contributed by atoms with Gasteiger partial charge in [-0.25, -0.2) is 14.7 Å². The molecule has 2 atom stereocenters. The average molecular weight is 456 g/mol. The lowest BCUT2D eigenvalue weighted by Gasteiger charge is -2.22. The van der Waals surface area contributed by atoms with E-state index in [2.05, 4.69) is 25.7 Å². The number of aromatic nitrogens is 1. The van der Waals surface area contributed by atoms with Crippen LogP contribution in [0.25, 0.3) is 0 Å². The van der Waals surface area contributed by atoms with Crippen molar-refractivity contribution in [3.8, 4) is 5.75 Å². The first-order chi connectivity index (χ1) is 13.1. The number of rotatable bonds is 3. The lowest BCUT2D eigenvalue weighted by atomic mass is 10.1. The van der Waals surface area contributed by atoms with Crippen LogP contribution >= 0.6 is 15.9 Å². The van der Waals surface area contributed by atoms with Gasteiger partial charge in [-0.15, -0.1) is 13.2 Å². The highest BCUT2D eigenvalue weighted by molar-refractivity contribution is 9.10.